The minimum atomic E-state index is -4.33. The van der Waals surface area contributed by atoms with Gasteiger partial charge in [-0.25, -0.2) is 26.4 Å². The molecule has 1 amide bonds. The highest BCUT2D eigenvalue weighted by Gasteiger charge is 2.45. The van der Waals surface area contributed by atoms with Crippen molar-refractivity contribution in [2.24, 2.45) is 0 Å². The van der Waals surface area contributed by atoms with Gasteiger partial charge in [-0.15, -0.1) is 0 Å². The number of rotatable bonds is 5. The maximum Gasteiger partial charge on any atom is 0.338 e. The summed E-state index contributed by atoms with van der Waals surface area (Å²) in [4.78, 5) is 23.1. The SMILES string of the molecule is O=C(Nc1cc(F)c(F)c(F)c1)c1ccc(Cl)c(S(=O)(=O)C[C@H]2OC(=O)[C@H](O)[C@@H]2O)c1. The normalized spacial score (nSPS) is 21.1. The van der Waals surface area contributed by atoms with Crippen LogP contribution in [0.1, 0.15) is 10.4 Å². The number of carbonyl (C=O) groups excluding carboxylic acids is 2. The van der Waals surface area contributed by atoms with Gasteiger partial charge < -0.3 is 20.3 Å². The van der Waals surface area contributed by atoms with Crippen molar-refractivity contribution in [3.05, 3.63) is 58.4 Å². The maximum absolute atomic E-state index is 13.3. The molecule has 0 saturated carbocycles. The van der Waals surface area contributed by atoms with E-state index in [1.54, 1.807) is 0 Å². The summed E-state index contributed by atoms with van der Waals surface area (Å²) in [6.07, 6.45) is -5.24. The highest BCUT2D eigenvalue weighted by atomic mass is 35.5. The van der Waals surface area contributed by atoms with Gasteiger partial charge in [-0.1, -0.05) is 11.6 Å². The van der Waals surface area contributed by atoms with Crippen molar-refractivity contribution in [1.82, 2.24) is 0 Å². The van der Waals surface area contributed by atoms with Crippen molar-refractivity contribution in [3.63, 3.8) is 0 Å². The molecule has 2 aromatic carbocycles. The Hall–Kier alpha value is -2.67. The van der Waals surface area contributed by atoms with E-state index in [2.05, 4.69) is 10.1 Å². The molecule has 0 bridgehead atoms. The summed E-state index contributed by atoms with van der Waals surface area (Å²) in [7, 11) is -4.33. The fourth-order valence-electron chi connectivity index (χ4n) is 2.78. The van der Waals surface area contributed by atoms with E-state index < -0.39 is 73.8 Å². The van der Waals surface area contributed by atoms with Crippen molar-refractivity contribution in [2.75, 3.05) is 11.1 Å². The van der Waals surface area contributed by atoms with E-state index in [-0.39, 0.29) is 10.6 Å². The number of carbonyl (C=O) groups is 2. The number of aliphatic hydroxyl groups is 2. The van der Waals surface area contributed by atoms with Gasteiger partial charge in [-0.3, -0.25) is 4.79 Å². The topological polar surface area (TPSA) is 130 Å². The van der Waals surface area contributed by atoms with Crippen molar-refractivity contribution < 1.29 is 46.1 Å². The first-order valence-electron chi connectivity index (χ1n) is 8.45. The van der Waals surface area contributed by atoms with Crippen LogP contribution in [-0.4, -0.2) is 54.6 Å². The number of nitrogens with one attached hydrogen (secondary N) is 1. The molecule has 13 heteroatoms. The molecular weight excluding hydrogens is 467 g/mol. The third kappa shape index (κ3) is 4.66. The van der Waals surface area contributed by atoms with Crippen LogP contribution in [0.4, 0.5) is 18.9 Å². The van der Waals surface area contributed by atoms with Crippen LogP contribution in [0.2, 0.25) is 5.02 Å². The summed E-state index contributed by atoms with van der Waals surface area (Å²) >= 11 is 5.91. The van der Waals surface area contributed by atoms with Gasteiger partial charge in [0, 0.05) is 23.4 Å². The van der Waals surface area contributed by atoms with Gasteiger partial charge in [-0.05, 0) is 18.2 Å². The van der Waals surface area contributed by atoms with E-state index in [9.17, 15) is 41.4 Å². The van der Waals surface area contributed by atoms with Crippen LogP contribution < -0.4 is 5.32 Å². The maximum atomic E-state index is 13.3. The van der Waals surface area contributed by atoms with E-state index in [4.69, 9.17) is 11.6 Å². The van der Waals surface area contributed by atoms with Gasteiger partial charge >= 0.3 is 5.97 Å². The van der Waals surface area contributed by atoms with Crippen molar-refractivity contribution in [1.29, 1.82) is 0 Å². The zero-order chi connectivity index (χ0) is 23.1. The highest BCUT2D eigenvalue weighted by Crippen LogP contribution is 2.28. The van der Waals surface area contributed by atoms with E-state index in [0.29, 0.717) is 12.1 Å². The smallest absolute Gasteiger partial charge is 0.338 e. The Morgan fingerprint density at radius 1 is 1.13 bits per heavy atom. The summed E-state index contributed by atoms with van der Waals surface area (Å²) in [6.45, 7) is 0. The molecule has 1 saturated heterocycles. The average Bonchev–Trinajstić information content (AvgIpc) is 2.92. The Labute approximate surface area is 178 Å². The van der Waals surface area contributed by atoms with Gasteiger partial charge in [-0.2, -0.15) is 0 Å². The zero-order valence-electron chi connectivity index (χ0n) is 15.2. The number of anilines is 1. The van der Waals surface area contributed by atoms with Crippen LogP contribution >= 0.6 is 11.6 Å². The van der Waals surface area contributed by atoms with Gasteiger partial charge in [0.25, 0.3) is 5.91 Å². The Morgan fingerprint density at radius 2 is 1.74 bits per heavy atom. The van der Waals surface area contributed by atoms with Crippen LogP contribution in [-0.2, 0) is 19.4 Å². The van der Waals surface area contributed by atoms with Crippen LogP contribution in [0, 0.1) is 17.5 Å². The lowest BCUT2D eigenvalue weighted by Gasteiger charge is -2.15. The Morgan fingerprint density at radius 3 is 2.29 bits per heavy atom. The van der Waals surface area contributed by atoms with Gasteiger partial charge in [0.2, 0.25) is 0 Å². The molecule has 3 rings (SSSR count). The van der Waals surface area contributed by atoms with E-state index in [0.717, 1.165) is 18.2 Å². The molecular formula is C18H13ClF3NO7S. The van der Waals surface area contributed by atoms with Crippen LogP contribution in [0.3, 0.4) is 0 Å². The van der Waals surface area contributed by atoms with E-state index >= 15 is 0 Å². The molecule has 31 heavy (non-hydrogen) atoms. The summed E-state index contributed by atoms with van der Waals surface area (Å²) < 4.78 is 69.7. The second-order valence-electron chi connectivity index (χ2n) is 6.55. The molecule has 1 aliphatic rings. The number of amides is 1. The number of cyclic esters (lactones) is 1. The Kier molecular flexibility index (Phi) is 6.28. The van der Waals surface area contributed by atoms with Crippen LogP contribution in [0.15, 0.2) is 35.2 Å². The molecule has 1 heterocycles. The molecule has 166 valence electrons. The molecule has 0 unspecified atom stereocenters. The number of esters is 1. The van der Waals surface area contributed by atoms with E-state index in [1.165, 1.54) is 0 Å². The lowest BCUT2D eigenvalue weighted by Crippen LogP contribution is -2.35. The predicted octanol–water partition coefficient (Wildman–Crippen LogP) is 1.43. The second-order valence-corrected chi connectivity index (χ2v) is 8.96. The number of aliphatic hydroxyl groups excluding tert-OH is 2. The monoisotopic (exact) mass is 479 g/mol. The molecule has 1 fully saturated rings. The standard InChI is InChI=1S/C18H13ClF3NO7S/c19-9-2-1-7(17(26)23-8-4-10(20)14(22)11(21)5-8)3-13(9)31(28,29)6-12-15(24)16(25)18(27)30-12/h1-5,12,15-16,24-25H,6H2,(H,23,26)/t12-,15-,16-/m1/s1. The average molecular weight is 480 g/mol. The number of benzene rings is 2. The van der Waals surface area contributed by atoms with E-state index in [1.807, 2.05) is 0 Å². The van der Waals surface area contributed by atoms with Crippen molar-refractivity contribution in [2.45, 2.75) is 23.2 Å². The Bertz CT molecular complexity index is 1150. The lowest BCUT2D eigenvalue weighted by molar-refractivity contribution is -0.146. The third-order valence-corrected chi connectivity index (χ3v) is 6.58. The minimum absolute atomic E-state index is 0.280. The Balaban J connectivity index is 1.86. The van der Waals surface area contributed by atoms with Gasteiger partial charge in [0.05, 0.1) is 15.7 Å². The molecule has 0 radical (unpaired) electrons. The molecule has 8 nitrogen and oxygen atoms in total. The van der Waals surface area contributed by atoms with Gasteiger partial charge in [0.1, 0.15) is 12.2 Å². The summed E-state index contributed by atoms with van der Waals surface area (Å²) in [5.74, 6) is -7.91. The number of hydrogen-bond donors (Lipinski definition) is 3. The summed E-state index contributed by atoms with van der Waals surface area (Å²) in [5.41, 5.74) is -0.701. The summed E-state index contributed by atoms with van der Waals surface area (Å²) in [5, 5.41) is 20.9. The number of hydrogen-bond acceptors (Lipinski definition) is 7. The van der Waals surface area contributed by atoms with Crippen LogP contribution in [0.25, 0.3) is 0 Å². The quantitative estimate of drug-likeness (QED) is 0.437. The molecule has 2 aromatic rings. The summed E-state index contributed by atoms with van der Waals surface area (Å²) in [6, 6.07) is 4.13. The van der Waals surface area contributed by atoms with Crippen LogP contribution in [0.5, 0.6) is 0 Å². The third-order valence-electron chi connectivity index (χ3n) is 4.37. The lowest BCUT2D eigenvalue weighted by atomic mass is 10.2. The molecule has 3 N–H and O–H groups in total. The zero-order valence-corrected chi connectivity index (χ0v) is 16.8. The number of ether oxygens (including phenoxy) is 1. The molecule has 0 aliphatic carbocycles. The van der Waals surface area contributed by atoms with Crippen molar-refractivity contribution >= 4 is 39.0 Å². The highest BCUT2D eigenvalue weighted by molar-refractivity contribution is 7.91. The second kappa shape index (κ2) is 8.46. The predicted molar refractivity (Wildman–Crippen MR) is 99.7 cm³/mol. The molecule has 0 aromatic heterocycles. The van der Waals surface area contributed by atoms with Crippen molar-refractivity contribution in [3.8, 4) is 0 Å². The largest absolute Gasteiger partial charge is 0.456 e. The minimum Gasteiger partial charge on any atom is -0.456 e. The molecule has 3 atom stereocenters. The molecule has 0 spiro atoms. The first-order valence-corrected chi connectivity index (χ1v) is 10.5. The first kappa shape index (κ1) is 23.0. The number of sulfone groups is 1. The fourth-order valence-corrected chi connectivity index (χ4v) is 4.80. The fraction of sp³-hybridized carbons (Fsp3) is 0.222. The number of halogens is 4. The molecule has 1 aliphatic heterocycles. The first-order chi connectivity index (χ1) is 14.4. The van der Waals surface area contributed by atoms with Gasteiger partial charge in [0.15, 0.2) is 33.4 Å².